The van der Waals surface area contributed by atoms with Gasteiger partial charge >= 0.3 is 0 Å². The normalized spacial score (nSPS) is 11.3. The zero-order valence-electron chi connectivity index (χ0n) is 15.0. The monoisotopic (exact) mass is 480 g/mol. The number of hydrogen-bond acceptors (Lipinski definition) is 4. The van der Waals surface area contributed by atoms with Crippen molar-refractivity contribution in [1.82, 2.24) is 5.32 Å². The Labute approximate surface area is 184 Å². The molecule has 1 amide bonds. The largest absolute Gasteiger partial charge is 0.354 e. The summed E-state index contributed by atoms with van der Waals surface area (Å²) in [5, 5.41) is 4.00. The molecule has 0 atom stereocenters. The molecule has 0 heterocycles. The first-order chi connectivity index (χ1) is 13.1. The van der Waals surface area contributed by atoms with Crippen molar-refractivity contribution in [2.24, 2.45) is 0 Å². The number of rotatable bonds is 9. The fraction of sp³-hybridized carbons (Fsp3) is 0.278. The molecule has 2 aromatic carbocycles. The highest BCUT2D eigenvalue weighted by molar-refractivity contribution is 7.99. The molecule has 0 spiro atoms. The molecule has 0 aromatic heterocycles. The molecule has 10 heteroatoms. The average Bonchev–Trinajstić information content (AvgIpc) is 2.59. The van der Waals surface area contributed by atoms with E-state index >= 15 is 0 Å². The number of thioether (sulfide) groups is 1. The Morgan fingerprint density at radius 3 is 2.21 bits per heavy atom. The second-order valence-corrected chi connectivity index (χ2v) is 10.3. The number of nitrogens with zero attached hydrogens (tertiary/aromatic N) is 1. The van der Waals surface area contributed by atoms with Crippen LogP contribution in [0.15, 0.2) is 47.4 Å². The number of hydrogen-bond donors (Lipinski definition) is 1. The Morgan fingerprint density at radius 1 is 1.04 bits per heavy atom. The van der Waals surface area contributed by atoms with E-state index in [4.69, 9.17) is 34.8 Å². The van der Waals surface area contributed by atoms with Gasteiger partial charge in [0.1, 0.15) is 6.54 Å². The van der Waals surface area contributed by atoms with Crippen molar-refractivity contribution in [3.8, 4) is 0 Å². The van der Waals surface area contributed by atoms with Gasteiger partial charge in [0.2, 0.25) is 15.9 Å². The van der Waals surface area contributed by atoms with Crippen LogP contribution < -0.4 is 9.62 Å². The summed E-state index contributed by atoms with van der Waals surface area (Å²) in [6.45, 7) is 0.0904. The minimum absolute atomic E-state index is 0.244. The number of halogens is 3. The number of sulfonamides is 1. The Balaban J connectivity index is 1.85. The van der Waals surface area contributed by atoms with Crippen LogP contribution in [-0.4, -0.2) is 39.4 Å². The van der Waals surface area contributed by atoms with E-state index in [9.17, 15) is 13.2 Å². The third kappa shape index (κ3) is 7.72. The molecule has 0 saturated carbocycles. The molecule has 1 N–H and O–H groups in total. The molecule has 5 nitrogen and oxygen atoms in total. The number of amides is 1. The lowest BCUT2D eigenvalue weighted by Gasteiger charge is -2.22. The zero-order chi connectivity index (χ0) is 20.7. The molecular weight excluding hydrogens is 463 g/mol. The van der Waals surface area contributed by atoms with E-state index in [-0.39, 0.29) is 22.3 Å². The standard InChI is InChI=1S/C18H19Cl3N2O3S2/c1-28(25,26)23(16-10-14(20)9-15(21)11-16)12-18(24)22-7-2-8-27-17-5-3-13(19)4-6-17/h3-6,9-11H,2,7-8,12H2,1H3,(H,22,24). The second kappa shape index (κ2) is 10.6. The van der Waals surface area contributed by atoms with Gasteiger partial charge in [0.05, 0.1) is 11.9 Å². The molecular formula is C18H19Cl3N2O3S2. The van der Waals surface area contributed by atoms with Crippen LogP contribution in [0, 0.1) is 0 Å². The Morgan fingerprint density at radius 2 is 1.64 bits per heavy atom. The molecule has 2 rings (SSSR count). The van der Waals surface area contributed by atoms with E-state index in [0.29, 0.717) is 11.6 Å². The number of nitrogens with one attached hydrogen (secondary N) is 1. The summed E-state index contributed by atoms with van der Waals surface area (Å²) in [6, 6.07) is 11.9. The van der Waals surface area contributed by atoms with Gasteiger partial charge in [0.15, 0.2) is 0 Å². The summed E-state index contributed by atoms with van der Waals surface area (Å²) in [6.07, 6.45) is 1.76. The molecule has 0 unspecified atom stereocenters. The van der Waals surface area contributed by atoms with Gasteiger partial charge in [-0.25, -0.2) is 8.42 Å². The van der Waals surface area contributed by atoms with Crippen molar-refractivity contribution in [3.05, 3.63) is 57.5 Å². The number of anilines is 1. The van der Waals surface area contributed by atoms with Gasteiger partial charge in [0.25, 0.3) is 0 Å². The number of carbonyl (C=O) groups excluding carboxylic acids is 1. The molecule has 0 fully saturated rings. The molecule has 28 heavy (non-hydrogen) atoms. The predicted molar refractivity (Wildman–Crippen MR) is 118 cm³/mol. The minimum Gasteiger partial charge on any atom is -0.354 e. The van der Waals surface area contributed by atoms with Crippen LogP contribution in [0.25, 0.3) is 0 Å². The Bertz CT molecular complexity index is 902. The summed E-state index contributed by atoms with van der Waals surface area (Å²) in [4.78, 5) is 13.3. The van der Waals surface area contributed by atoms with Gasteiger partial charge in [-0.05, 0) is 54.6 Å². The van der Waals surface area contributed by atoms with Gasteiger partial charge in [0, 0.05) is 26.5 Å². The first-order valence-corrected chi connectivity index (χ1v) is 12.2. The highest BCUT2D eigenvalue weighted by Crippen LogP contribution is 2.27. The second-order valence-electron chi connectivity index (χ2n) is 5.90. The van der Waals surface area contributed by atoms with E-state index in [2.05, 4.69) is 5.32 Å². The summed E-state index contributed by atoms with van der Waals surface area (Å²) < 4.78 is 25.2. The molecule has 2 aromatic rings. The van der Waals surface area contributed by atoms with E-state index < -0.39 is 15.9 Å². The van der Waals surface area contributed by atoms with Crippen LogP contribution in [-0.2, 0) is 14.8 Å². The maximum Gasteiger partial charge on any atom is 0.240 e. The molecule has 152 valence electrons. The zero-order valence-corrected chi connectivity index (χ0v) is 18.9. The summed E-state index contributed by atoms with van der Waals surface area (Å²) in [7, 11) is -3.68. The highest BCUT2D eigenvalue weighted by Gasteiger charge is 2.21. The fourth-order valence-electron chi connectivity index (χ4n) is 2.29. The quantitative estimate of drug-likeness (QED) is 0.416. The minimum atomic E-state index is -3.68. The van der Waals surface area contributed by atoms with E-state index in [1.54, 1.807) is 11.8 Å². The molecule has 0 aliphatic carbocycles. The van der Waals surface area contributed by atoms with E-state index in [1.165, 1.54) is 18.2 Å². The number of carbonyl (C=O) groups is 1. The van der Waals surface area contributed by atoms with Crippen LogP contribution in [0.1, 0.15) is 6.42 Å². The first-order valence-electron chi connectivity index (χ1n) is 8.24. The molecule has 0 saturated heterocycles. The van der Waals surface area contributed by atoms with Crippen LogP contribution in [0.3, 0.4) is 0 Å². The summed E-state index contributed by atoms with van der Waals surface area (Å²) >= 11 is 19.4. The van der Waals surface area contributed by atoms with Crippen molar-refractivity contribution >= 4 is 68.2 Å². The lowest BCUT2D eigenvalue weighted by molar-refractivity contribution is -0.119. The topological polar surface area (TPSA) is 66.5 Å². The maximum absolute atomic E-state index is 12.2. The van der Waals surface area contributed by atoms with Crippen LogP contribution in [0.4, 0.5) is 5.69 Å². The smallest absolute Gasteiger partial charge is 0.240 e. The van der Waals surface area contributed by atoms with Gasteiger partial charge in [-0.3, -0.25) is 9.10 Å². The average molecular weight is 482 g/mol. The number of benzene rings is 2. The van der Waals surface area contributed by atoms with E-state index in [1.807, 2.05) is 24.3 Å². The molecule has 0 radical (unpaired) electrons. The predicted octanol–water partition coefficient (Wildman–Crippen LogP) is 4.71. The van der Waals surface area contributed by atoms with Gasteiger partial charge in [-0.1, -0.05) is 34.8 Å². The van der Waals surface area contributed by atoms with Crippen molar-refractivity contribution in [1.29, 1.82) is 0 Å². The summed E-state index contributed by atoms with van der Waals surface area (Å²) in [5.74, 6) is 0.403. The van der Waals surface area contributed by atoms with E-state index in [0.717, 1.165) is 27.6 Å². The Hall–Kier alpha value is -1.12. The fourth-order valence-corrected chi connectivity index (χ4v) is 4.62. The van der Waals surface area contributed by atoms with Crippen molar-refractivity contribution < 1.29 is 13.2 Å². The summed E-state index contributed by atoms with van der Waals surface area (Å²) in [5.41, 5.74) is 0.244. The lowest BCUT2D eigenvalue weighted by Crippen LogP contribution is -2.40. The SMILES string of the molecule is CS(=O)(=O)N(CC(=O)NCCCSc1ccc(Cl)cc1)c1cc(Cl)cc(Cl)c1. The Kier molecular flexibility index (Phi) is 8.77. The molecule has 0 aliphatic rings. The third-order valence-corrected chi connectivity index (χ3v) is 6.48. The van der Waals surface area contributed by atoms with Crippen LogP contribution in [0.5, 0.6) is 0 Å². The van der Waals surface area contributed by atoms with Gasteiger partial charge in [-0.2, -0.15) is 0 Å². The highest BCUT2D eigenvalue weighted by atomic mass is 35.5. The van der Waals surface area contributed by atoms with Gasteiger partial charge in [-0.15, -0.1) is 11.8 Å². The van der Waals surface area contributed by atoms with Crippen molar-refractivity contribution in [3.63, 3.8) is 0 Å². The molecule has 0 bridgehead atoms. The molecule has 0 aliphatic heterocycles. The first kappa shape index (κ1) is 23.2. The van der Waals surface area contributed by atoms with Crippen molar-refractivity contribution in [2.75, 3.05) is 29.4 Å². The van der Waals surface area contributed by atoms with Crippen LogP contribution >= 0.6 is 46.6 Å². The third-order valence-electron chi connectivity index (χ3n) is 3.55. The van der Waals surface area contributed by atoms with Crippen molar-refractivity contribution in [2.45, 2.75) is 11.3 Å². The van der Waals surface area contributed by atoms with Crippen LogP contribution in [0.2, 0.25) is 15.1 Å². The lowest BCUT2D eigenvalue weighted by atomic mass is 10.3. The van der Waals surface area contributed by atoms with Gasteiger partial charge < -0.3 is 5.32 Å². The maximum atomic E-state index is 12.2.